The molecule has 0 bridgehead atoms. The molecule has 17 heavy (non-hydrogen) atoms. The molecule has 0 saturated carbocycles. The van der Waals surface area contributed by atoms with Gasteiger partial charge >= 0.3 is 0 Å². The van der Waals surface area contributed by atoms with Crippen molar-refractivity contribution in [1.29, 1.82) is 0 Å². The molecule has 0 amide bonds. The van der Waals surface area contributed by atoms with Crippen LogP contribution in [0.4, 0.5) is 0 Å². The van der Waals surface area contributed by atoms with Gasteiger partial charge in [-0.25, -0.2) is 0 Å². The molecule has 0 fully saturated rings. The van der Waals surface area contributed by atoms with Crippen molar-refractivity contribution in [2.45, 2.75) is 26.2 Å². The lowest BCUT2D eigenvalue weighted by Crippen LogP contribution is -2.16. The molecule has 1 unspecified atom stereocenters. The van der Waals surface area contributed by atoms with E-state index in [0.29, 0.717) is 11.8 Å². The Labute approximate surface area is 109 Å². The van der Waals surface area contributed by atoms with E-state index in [-0.39, 0.29) is 0 Å². The Bertz CT molecular complexity index is 352. The number of rotatable bonds is 6. The summed E-state index contributed by atoms with van der Waals surface area (Å²) in [5.41, 5.74) is 1.21. The summed E-state index contributed by atoms with van der Waals surface area (Å²) in [6.07, 6.45) is 1.09. The molecule has 1 rings (SSSR count). The van der Waals surface area contributed by atoms with Gasteiger partial charge in [0.15, 0.2) is 0 Å². The highest BCUT2D eigenvalue weighted by Gasteiger charge is 2.19. The fourth-order valence-corrected chi connectivity index (χ4v) is 2.32. The smallest absolute Gasteiger partial charge is 0.122 e. The summed E-state index contributed by atoms with van der Waals surface area (Å²) < 4.78 is 5.43. The topological polar surface area (TPSA) is 21.3 Å². The van der Waals surface area contributed by atoms with Gasteiger partial charge in [-0.2, -0.15) is 0 Å². The highest BCUT2D eigenvalue weighted by Crippen LogP contribution is 2.35. The standard InChI is InChI=1S/C14H22ClNO/c1-10(2)12(7-8-16-3)13-9-11(15)5-6-14(13)17-4/h5-6,9-10,12,16H,7-8H2,1-4H3. The molecule has 0 aliphatic heterocycles. The van der Waals surface area contributed by atoms with Crippen LogP contribution >= 0.6 is 11.6 Å². The number of halogens is 1. The molecule has 1 aromatic carbocycles. The van der Waals surface area contributed by atoms with E-state index in [4.69, 9.17) is 16.3 Å². The van der Waals surface area contributed by atoms with Crippen LogP contribution in [-0.2, 0) is 0 Å². The molecule has 1 aromatic rings. The first-order chi connectivity index (χ1) is 8.10. The zero-order chi connectivity index (χ0) is 12.8. The lowest BCUT2D eigenvalue weighted by Gasteiger charge is -2.23. The molecule has 0 heterocycles. The van der Waals surface area contributed by atoms with E-state index >= 15 is 0 Å². The maximum absolute atomic E-state index is 6.09. The lowest BCUT2D eigenvalue weighted by molar-refractivity contribution is 0.388. The van der Waals surface area contributed by atoms with E-state index < -0.39 is 0 Å². The van der Waals surface area contributed by atoms with Gasteiger partial charge < -0.3 is 10.1 Å². The second-order valence-corrected chi connectivity index (χ2v) is 5.07. The van der Waals surface area contributed by atoms with Crippen molar-refractivity contribution in [2.24, 2.45) is 5.92 Å². The number of methoxy groups -OCH3 is 1. The molecule has 0 aromatic heterocycles. The van der Waals surface area contributed by atoms with Crippen LogP contribution in [0.2, 0.25) is 5.02 Å². The van der Waals surface area contributed by atoms with E-state index in [9.17, 15) is 0 Å². The Hall–Kier alpha value is -0.730. The van der Waals surface area contributed by atoms with Gasteiger partial charge in [0, 0.05) is 5.02 Å². The third kappa shape index (κ3) is 3.90. The summed E-state index contributed by atoms with van der Waals surface area (Å²) in [5.74, 6) is 1.97. The second-order valence-electron chi connectivity index (χ2n) is 4.63. The summed E-state index contributed by atoms with van der Waals surface area (Å²) >= 11 is 6.09. The molecule has 0 radical (unpaired) electrons. The number of hydrogen-bond donors (Lipinski definition) is 1. The van der Waals surface area contributed by atoms with Crippen LogP contribution < -0.4 is 10.1 Å². The van der Waals surface area contributed by atoms with Crippen LogP contribution in [0.15, 0.2) is 18.2 Å². The Balaban J connectivity index is 3.02. The summed E-state index contributed by atoms with van der Waals surface area (Å²) in [5, 5.41) is 3.98. The quantitative estimate of drug-likeness (QED) is 0.837. The minimum atomic E-state index is 0.469. The fourth-order valence-electron chi connectivity index (χ4n) is 2.14. The molecule has 1 atom stereocenters. The molecule has 2 nitrogen and oxygen atoms in total. The SMILES string of the molecule is CNCCC(c1cc(Cl)ccc1OC)C(C)C. The van der Waals surface area contributed by atoms with Crippen LogP contribution in [0.1, 0.15) is 31.7 Å². The van der Waals surface area contributed by atoms with E-state index in [2.05, 4.69) is 19.2 Å². The summed E-state index contributed by atoms with van der Waals surface area (Å²) in [6.45, 7) is 5.47. The Morgan fingerprint density at radius 2 is 2.06 bits per heavy atom. The molecule has 1 N–H and O–H groups in total. The molecular weight excluding hydrogens is 234 g/mol. The first kappa shape index (κ1) is 14.3. The van der Waals surface area contributed by atoms with Gasteiger partial charge in [0.05, 0.1) is 7.11 Å². The average Bonchev–Trinajstić information content (AvgIpc) is 2.29. The summed E-state index contributed by atoms with van der Waals surface area (Å²) in [7, 11) is 3.69. The molecule has 0 aliphatic carbocycles. The molecule has 0 saturated heterocycles. The maximum Gasteiger partial charge on any atom is 0.122 e. The zero-order valence-corrected chi connectivity index (χ0v) is 11.8. The normalized spacial score (nSPS) is 12.8. The van der Waals surface area contributed by atoms with Crippen molar-refractivity contribution < 1.29 is 4.74 Å². The number of benzene rings is 1. The first-order valence-electron chi connectivity index (χ1n) is 6.08. The van der Waals surface area contributed by atoms with Crippen LogP contribution in [-0.4, -0.2) is 20.7 Å². The highest BCUT2D eigenvalue weighted by molar-refractivity contribution is 6.30. The van der Waals surface area contributed by atoms with Crippen molar-refractivity contribution in [2.75, 3.05) is 20.7 Å². The first-order valence-corrected chi connectivity index (χ1v) is 6.46. The van der Waals surface area contributed by atoms with Gasteiger partial charge in [0.2, 0.25) is 0 Å². The third-order valence-electron chi connectivity index (χ3n) is 3.10. The minimum Gasteiger partial charge on any atom is -0.496 e. The fraction of sp³-hybridized carbons (Fsp3) is 0.571. The molecule has 96 valence electrons. The van der Waals surface area contributed by atoms with Gasteiger partial charge in [-0.05, 0) is 55.6 Å². The van der Waals surface area contributed by atoms with Gasteiger partial charge in [-0.1, -0.05) is 25.4 Å². The van der Waals surface area contributed by atoms with Gasteiger partial charge in [-0.15, -0.1) is 0 Å². The Morgan fingerprint density at radius 3 is 2.59 bits per heavy atom. The van der Waals surface area contributed by atoms with Crippen molar-refractivity contribution >= 4 is 11.6 Å². The van der Waals surface area contributed by atoms with Crippen molar-refractivity contribution in [3.8, 4) is 5.75 Å². The molecular formula is C14H22ClNO. The Kier molecular flexibility index (Phi) is 5.79. The van der Waals surface area contributed by atoms with E-state index in [1.807, 2.05) is 25.2 Å². The number of ether oxygens (including phenoxy) is 1. The summed E-state index contributed by atoms with van der Waals surface area (Å²) in [4.78, 5) is 0. The average molecular weight is 256 g/mol. The van der Waals surface area contributed by atoms with Crippen molar-refractivity contribution in [3.05, 3.63) is 28.8 Å². The van der Waals surface area contributed by atoms with Gasteiger partial charge in [-0.3, -0.25) is 0 Å². The third-order valence-corrected chi connectivity index (χ3v) is 3.34. The van der Waals surface area contributed by atoms with Crippen molar-refractivity contribution in [1.82, 2.24) is 5.32 Å². The number of hydrogen-bond acceptors (Lipinski definition) is 2. The van der Waals surface area contributed by atoms with Gasteiger partial charge in [0.1, 0.15) is 5.75 Å². The van der Waals surface area contributed by atoms with Crippen LogP contribution in [0, 0.1) is 5.92 Å². The second kappa shape index (κ2) is 6.87. The van der Waals surface area contributed by atoms with Crippen molar-refractivity contribution in [3.63, 3.8) is 0 Å². The van der Waals surface area contributed by atoms with Crippen LogP contribution in [0.25, 0.3) is 0 Å². The highest BCUT2D eigenvalue weighted by atomic mass is 35.5. The molecule has 3 heteroatoms. The van der Waals surface area contributed by atoms with Gasteiger partial charge in [0.25, 0.3) is 0 Å². The maximum atomic E-state index is 6.09. The molecule has 0 spiro atoms. The van der Waals surface area contributed by atoms with E-state index in [1.165, 1.54) is 5.56 Å². The van der Waals surface area contributed by atoms with E-state index in [0.717, 1.165) is 23.7 Å². The largest absolute Gasteiger partial charge is 0.496 e. The monoisotopic (exact) mass is 255 g/mol. The Morgan fingerprint density at radius 1 is 1.35 bits per heavy atom. The minimum absolute atomic E-state index is 0.469. The lowest BCUT2D eigenvalue weighted by atomic mass is 9.85. The van der Waals surface area contributed by atoms with E-state index in [1.54, 1.807) is 7.11 Å². The van der Waals surface area contributed by atoms with Crippen LogP contribution in [0.3, 0.4) is 0 Å². The molecule has 0 aliphatic rings. The predicted molar refractivity (Wildman–Crippen MR) is 74.1 cm³/mol. The summed E-state index contributed by atoms with van der Waals surface area (Å²) in [6, 6.07) is 5.85. The number of nitrogens with one attached hydrogen (secondary N) is 1. The predicted octanol–water partition coefficient (Wildman–Crippen LogP) is 3.70. The zero-order valence-electron chi connectivity index (χ0n) is 11.1. The van der Waals surface area contributed by atoms with Crippen LogP contribution in [0.5, 0.6) is 5.75 Å².